The largest absolute Gasteiger partial charge is 0.345 e. The van der Waals surface area contributed by atoms with E-state index in [0.717, 1.165) is 15.5 Å². The van der Waals surface area contributed by atoms with Gasteiger partial charge in [-0.2, -0.15) is 0 Å². The maximum atomic E-state index is 4.17. The van der Waals surface area contributed by atoms with Gasteiger partial charge in [-0.3, -0.25) is 0 Å². The second-order valence-electron chi connectivity index (χ2n) is 2.15. The predicted octanol–water partition coefficient (Wildman–Crippen LogP) is 2.93. The Morgan fingerprint density at radius 3 is 3.09 bits per heavy atom. The number of aromatic nitrogens is 2. The standard InChI is InChI=1S/C7H4BrIN2/c8-4-1-2-10-7-6(4)5(9)3-11-7/h1-3H,(H,10,11). The van der Waals surface area contributed by atoms with E-state index in [1.54, 1.807) is 6.20 Å². The van der Waals surface area contributed by atoms with Gasteiger partial charge in [0.05, 0.1) is 0 Å². The van der Waals surface area contributed by atoms with Crippen LogP contribution in [0.25, 0.3) is 11.0 Å². The maximum Gasteiger partial charge on any atom is 0.139 e. The van der Waals surface area contributed by atoms with Gasteiger partial charge in [0.25, 0.3) is 0 Å². The molecular formula is C7H4BrIN2. The van der Waals surface area contributed by atoms with E-state index >= 15 is 0 Å². The van der Waals surface area contributed by atoms with Gasteiger partial charge in [-0.1, -0.05) is 0 Å². The predicted molar refractivity (Wildman–Crippen MR) is 56.5 cm³/mol. The number of aromatic amines is 1. The minimum Gasteiger partial charge on any atom is -0.345 e. The fourth-order valence-corrected chi connectivity index (χ4v) is 2.57. The number of pyridine rings is 1. The zero-order valence-electron chi connectivity index (χ0n) is 5.44. The van der Waals surface area contributed by atoms with Crippen molar-refractivity contribution in [1.82, 2.24) is 9.97 Å². The molecule has 0 atom stereocenters. The second-order valence-corrected chi connectivity index (χ2v) is 4.17. The summed E-state index contributed by atoms with van der Waals surface area (Å²) in [6.07, 6.45) is 3.72. The van der Waals surface area contributed by atoms with Crippen LogP contribution >= 0.6 is 38.5 Å². The summed E-state index contributed by atoms with van der Waals surface area (Å²) < 4.78 is 2.28. The third kappa shape index (κ3) is 1.18. The van der Waals surface area contributed by atoms with Gasteiger partial charge in [0.1, 0.15) is 5.65 Å². The molecule has 0 saturated heterocycles. The maximum absolute atomic E-state index is 4.17. The lowest BCUT2D eigenvalue weighted by atomic mass is 10.3. The third-order valence-electron chi connectivity index (χ3n) is 1.47. The monoisotopic (exact) mass is 322 g/mol. The van der Waals surface area contributed by atoms with E-state index in [2.05, 4.69) is 48.5 Å². The van der Waals surface area contributed by atoms with E-state index in [0.29, 0.717) is 0 Å². The summed E-state index contributed by atoms with van der Waals surface area (Å²) in [6, 6.07) is 1.94. The van der Waals surface area contributed by atoms with Crippen LogP contribution in [0, 0.1) is 3.57 Å². The van der Waals surface area contributed by atoms with Crippen LogP contribution in [0.15, 0.2) is 22.9 Å². The summed E-state index contributed by atoms with van der Waals surface area (Å²) >= 11 is 5.74. The van der Waals surface area contributed by atoms with Crippen molar-refractivity contribution in [3.05, 3.63) is 26.5 Å². The lowest BCUT2D eigenvalue weighted by Gasteiger charge is -1.91. The van der Waals surface area contributed by atoms with Gasteiger partial charge in [0.2, 0.25) is 0 Å². The van der Waals surface area contributed by atoms with Gasteiger partial charge in [0, 0.05) is 25.8 Å². The van der Waals surface area contributed by atoms with Gasteiger partial charge in [-0.05, 0) is 44.6 Å². The Morgan fingerprint density at radius 2 is 2.36 bits per heavy atom. The molecule has 2 rings (SSSR count). The average Bonchev–Trinajstić information content (AvgIpc) is 2.34. The van der Waals surface area contributed by atoms with Crippen LogP contribution < -0.4 is 0 Å². The third-order valence-corrected chi connectivity index (χ3v) is 2.99. The second kappa shape index (κ2) is 2.75. The molecule has 0 bridgehead atoms. The first-order valence-electron chi connectivity index (χ1n) is 3.06. The van der Waals surface area contributed by atoms with Gasteiger partial charge in [0.15, 0.2) is 0 Å². The molecule has 0 aromatic carbocycles. The Balaban J connectivity index is 2.96. The quantitative estimate of drug-likeness (QED) is 0.742. The van der Waals surface area contributed by atoms with Crippen LogP contribution in [0.3, 0.4) is 0 Å². The topological polar surface area (TPSA) is 28.7 Å². The van der Waals surface area contributed by atoms with Gasteiger partial charge in [-0.25, -0.2) is 4.98 Å². The van der Waals surface area contributed by atoms with Crippen LogP contribution in [0.4, 0.5) is 0 Å². The molecule has 4 heteroatoms. The minimum absolute atomic E-state index is 0.934. The number of halogens is 2. The molecule has 0 aliphatic heterocycles. The Bertz CT molecular complexity index is 396. The lowest BCUT2D eigenvalue weighted by molar-refractivity contribution is 1.32. The number of nitrogens with zero attached hydrogens (tertiary/aromatic N) is 1. The summed E-state index contributed by atoms with van der Waals surface area (Å²) in [6.45, 7) is 0. The van der Waals surface area contributed by atoms with E-state index < -0.39 is 0 Å². The Kier molecular flexibility index (Phi) is 1.88. The van der Waals surface area contributed by atoms with Gasteiger partial charge >= 0.3 is 0 Å². The van der Waals surface area contributed by atoms with Crippen molar-refractivity contribution in [3.8, 4) is 0 Å². The highest BCUT2D eigenvalue weighted by Crippen LogP contribution is 2.25. The molecule has 0 radical (unpaired) electrons. The lowest BCUT2D eigenvalue weighted by Crippen LogP contribution is -1.75. The first-order chi connectivity index (χ1) is 5.29. The number of hydrogen-bond acceptors (Lipinski definition) is 1. The van der Waals surface area contributed by atoms with Crippen molar-refractivity contribution in [2.75, 3.05) is 0 Å². The summed E-state index contributed by atoms with van der Waals surface area (Å²) in [5, 5.41) is 1.16. The number of H-pyrrole nitrogens is 1. The fraction of sp³-hybridized carbons (Fsp3) is 0. The van der Waals surface area contributed by atoms with Crippen molar-refractivity contribution in [2.24, 2.45) is 0 Å². The van der Waals surface area contributed by atoms with Crippen LogP contribution in [0.1, 0.15) is 0 Å². The molecule has 2 aromatic rings. The Morgan fingerprint density at radius 1 is 1.55 bits per heavy atom. The molecule has 11 heavy (non-hydrogen) atoms. The number of fused-ring (bicyclic) bond motifs is 1. The Hall–Kier alpha value is -0.100. The van der Waals surface area contributed by atoms with Crippen molar-refractivity contribution in [1.29, 1.82) is 0 Å². The molecule has 0 amide bonds. The molecular weight excluding hydrogens is 319 g/mol. The summed E-state index contributed by atoms with van der Waals surface area (Å²) in [4.78, 5) is 7.25. The van der Waals surface area contributed by atoms with Crippen molar-refractivity contribution in [2.45, 2.75) is 0 Å². The number of nitrogens with one attached hydrogen (secondary N) is 1. The summed E-state index contributed by atoms with van der Waals surface area (Å²) in [7, 11) is 0. The first-order valence-corrected chi connectivity index (χ1v) is 4.93. The molecule has 0 spiro atoms. The minimum atomic E-state index is 0.934. The molecule has 56 valence electrons. The summed E-state index contributed by atoms with van der Waals surface area (Å²) in [5.74, 6) is 0. The summed E-state index contributed by atoms with van der Waals surface area (Å²) in [5.41, 5.74) is 0.934. The van der Waals surface area contributed by atoms with Crippen LogP contribution in [-0.2, 0) is 0 Å². The zero-order chi connectivity index (χ0) is 7.84. The molecule has 2 aromatic heterocycles. The van der Waals surface area contributed by atoms with E-state index in [1.807, 2.05) is 12.3 Å². The van der Waals surface area contributed by atoms with Gasteiger partial charge in [-0.15, -0.1) is 0 Å². The fourth-order valence-electron chi connectivity index (χ4n) is 0.979. The Labute approximate surface area is 85.7 Å². The highest BCUT2D eigenvalue weighted by atomic mass is 127. The molecule has 2 heterocycles. The average molecular weight is 323 g/mol. The van der Waals surface area contributed by atoms with Gasteiger partial charge < -0.3 is 4.98 Å². The molecule has 0 fully saturated rings. The van der Waals surface area contributed by atoms with Crippen molar-refractivity contribution >= 4 is 49.6 Å². The van der Waals surface area contributed by atoms with E-state index in [9.17, 15) is 0 Å². The molecule has 2 nitrogen and oxygen atoms in total. The molecule has 1 N–H and O–H groups in total. The molecule has 0 aliphatic carbocycles. The zero-order valence-corrected chi connectivity index (χ0v) is 9.18. The van der Waals surface area contributed by atoms with E-state index in [1.165, 1.54) is 3.57 Å². The number of rotatable bonds is 0. The van der Waals surface area contributed by atoms with E-state index in [4.69, 9.17) is 0 Å². The molecule has 0 aliphatic rings. The molecule has 0 unspecified atom stereocenters. The smallest absolute Gasteiger partial charge is 0.139 e. The van der Waals surface area contributed by atoms with Crippen LogP contribution in [0.5, 0.6) is 0 Å². The van der Waals surface area contributed by atoms with Crippen molar-refractivity contribution in [3.63, 3.8) is 0 Å². The SMILES string of the molecule is Brc1ccnc2[nH]cc(I)c12. The van der Waals surface area contributed by atoms with Crippen molar-refractivity contribution < 1.29 is 0 Å². The molecule has 0 saturated carbocycles. The van der Waals surface area contributed by atoms with Crippen LogP contribution in [-0.4, -0.2) is 9.97 Å². The highest BCUT2D eigenvalue weighted by molar-refractivity contribution is 14.1. The first kappa shape index (κ1) is 7.54. The number of hydrogen-bond donors (Lipinski definition) is 1. The normalized spacial score (nSPS) is 10.7. The highest BCUT2D eigenvalue weighted by Gasteiger charge is 2.03. The van der Waals surface area contributed by atoms with E-state index in [-0.39, 0.29) is 0 Å². The van der Waals surface area contributed by atoms with Crippen LogP contribution in [0.2, 0.25) is 0 Å².